The standard InChI is InChI=1S/C13H20N4O5/c1-4-5-6-16-10(19)11(20)17(13(16)22)7-9(18)15-12(21)14-8(2)3/h8H,4-7H2,1-3H3,(H2,14,15,18,21). The van der Waals surface area contributed by atoms with Crippen molar-refractivity contribution in [2.75, 3.05) is 13.1 Å². The molecule has 7 amide bonds. The Morgan fingerprint density at radius 2 is 1.68 bits per heavy atom. The Hall–Kier alpha value is -2.45. The fourth-order valence-corrected chi connectivity index (χ4v) is 1.81. The smallest absolute Gasteiger partial charge is 0.334 e. The van der Waals surface area contributed by atoms with Gasteiger partial charge in [0.2, 0.25) is 5.91 Å². The first kappa shape index (κ1) is 17.6. The average Bonchev–Trinajstić information content (AvgIpc) is 2.60. The van der Waals surface area contributed by atoms with E-state index >= 15 is 0 Å². The summed E-state index contributed by atoms with van der Waals surface area (Å²) >= 11 is 0. The van der Waals surface area contributed by atoms with Crippen LogP contribution in [-0.2, 0) is 14.4 Å². The highest BCUT2D eigenvalue weighted by atomic mass is 16.2. The minimum Gasteiger partial charge on any atom is -0.336 e. The molecular weight excluding hydrogens is 292 g/mol. The minimum absolute atomic E-state index is 0.131. The van der Waals surface area contributed by atoms with E-state index < -0.39 is 36.3 Å². The van der Waals surface area contributed by atoms with Crippen molar-refractivity contribution in [3.63, 3.8) is 0 Å². The van der Waals surface area contributed by atoms with Crippen molar-refractivity contribution in [2.45, 2.75) is 39.7 Å². The molecule has 1 heterocycles. The normalized spacial score (nSPS) is 14.8. The highest BCUT2D eigenvalue weighted by Crippen LogP contribution is 2.12. The second-order valence-corrected chi connectivity index (χ2v) is 5.16. The van der Waals surface area contributed by atoms with E-state index in [2.05, 4.69) is 5.32 Å². The zero-order valence-electron chi connectivity index (χ0n) is 12.8. The van der Waals surface area contributed by atoms with Crippen molar-refractivity contribution in [1.82, 2.24) is 20.4 Å². The second kappa shape index (κ2) is 7.53. The Morgan fingerprint density at radius 3 is 2.23 bits per heavy atom. The lowest BCUT2D eigenvalue weighted by Crippen LogP contribution is -2.47. The number of amides is 7. The zero-order chi connectivity index (χ0) is 16.9. The fourth-order valence-electron chi connectivity index (χ4n) is 1.81. The van der Waals surface area contributed by atoms with E-state index in [-0.39, 0.29) is 12.6 Å². The van der Waals surface area contributed by atoms with Crippen LogP contribution in [0.1, 0.15) is 33.6 Å². The van der Waals surface area contributed by atoms with Crippen LogP contribution >= 0.6 is 0 Å². The number of nitrogens with one attached hydrogen (secondary N) is 2. The molecule has 0 bridgehead atoms. The van der Waals surface area contributed by atoms with Crippen LogP contribution in [0, 0.1) is 0 Å². The number of rotatable bonds is 6. The summed E-state index contributed by atoms with van der Waals surface area (Å²) < 4.78 is 0. The molecule has 1 aliphatic heterocycles. The maximum Gasteiger partial charge on any atom is 0.334 e. The van der Waals surface area contributed by atoms with Crippen molar-refractivity contribution in [1.29, 1.82) is 0 Å². The lowest BCUT2D eigenvalue weighted by atomic mass is 10.3. The van der Waals surface area contributed by atoms with Crippen molar-refractivity contribution in [2.24, 2.45) is 0 Å². The van der Waals surface area contributed by atoms with Gasteiger partial charge in [0.05, 0.1) is 0 Å². The summed E-state index contributed by atoms with van der Waals surface area (Å²) in [6, 6.07) is -1.73. The zero-order valence-corrected chi connectivity index (χ0v) is 12.8. The molecular formula is C13H20N4O5. The first-order chi connectivity index (χ1) is 10.3. The second-order valence-electron chi connectivity index (χ2n) is 5.16. The van der Waals surface area contributed by atoms with E-state index in [1.54, 1.807) is 13.8 Å². The van der Waals surface area contributed by atoms with Crippen LogP contribution in [0.3, 0.4) is 0 Å². The summed E-state index contributed by atoms with van der Waals surface area (Å²) in [5.74, 6) is -2.84. The van der Waals surface area contributed by atoms with E-state index in [1.165, 1.54) is 0 Å². The number of imide groups is 3. The van der Waals surface area contributed by atoms with Gasteiger partial charge in [0.1, 0.15) is 6.54 Å². The largest absolute Gasteiger partial charge is 0.336 e. The maximum atomic E-state index is 12.0. The number of urea groups is 2. The van der Waals surface area contributed by atoms with E-state index in [9.17, 15) is 24.0 Å². The van der Waals surface area contributed by atoms with Crippen molar-refractivity contribution >= 4 is 29.8 Å². The third-order valence-corrected chi connectivity index (χ3v) is 2.84. The molecule has 1 rings (SSSR count). The predicted octanol–water partition coefficient (Wildman–Crippen LogP) is -0.188. The van der Waals surface area contributed by atoms with Crippen molar-refractivity contribution < 1.29 is 24.0 Å². The molecule has 2 N–H and O–H groups in total. The monoisotopic (exact) mass is 312 g/mol. The Kier molecular flexibility index (Phi) is 6.02. The molecule has 122 valence electrons. The number of carbonyl (C=O) groups is 5. The van der Waals surface area contributed by atoms with Gasteiger partial charge >= 0.3 is 23.9 Å². The molecule has 0 saturated carbocycles. The molecule has 0 aromatic carbocycles. The number of carbonyl (C=O) groups excluding carboxylic acids is 5. The highest BCUT2D eigenvalue weighted by Gasteiger charge is 2.44. The lowest BCUT2D eigenvalue weighted by molar-refractivity contribution is -0.143. The molecule has 9 nitrogen and oxygen atoms in total. The van der Waals surface area contributed by atoms with E-state index in [0.717, 1.165) is 11.3 Å². The maximum absolute atomic E-state index is 12.0. The Bertz CT molecular complexity index is 503. The first-order valence-corrected chi connectivity index (χ1v) is 7.05. The van der Waals surface area contributed by atoms with E-state index in [1.807, 2.05) is 12.2 Å². The topological polar surface area (TPSA) is 116 Å². The first-order valence-electron chi connectivity index (χ1n) is 7.05. The molecule has 0 radical (unpaired) electrons. The average molecular weight is 312 g/mol. The number of hydrogen-bond donors (Lipinski definition) is 2. The third-order valence-electron chi connectivity index (χ3n) is 2.84. The summed E-state index contributed by atoms with van der Waals surface area (Å²) in [5.41, 5.74) is 0. The molecule has 22 heavy (non-hydrogen) atoms. The van der Waals surface area contributed by atoms with Crippen LogP contribution in [-0.4, -0.2) is 58.7 Å². The van der Waals surface area contributed by atoms with Gasteiger partial charge < -0.3 is 5.32 Å². The predicted molar refractivity (Wildman–Crippen MR) is 75.5 cm³/mol. The molecule has 9 heteroatoms. The van der Waals surface area contributed by atoms with Gasteiger partial charge in [-0.15, -0.1) is 0 Å². The number of hydrogen-bond acceptors (Lipinski definition) is 5. The summed E-state index contributed by atoms with van der Waals surface area (Å²) in [5, 5.41) is 4.42. The molecule has 0 spiro atoms. The summed E-state index contributed by atoms with van der Waals surface area (Å²) in [7, 11) is 0. The summed E-state index contributed by atoms with van der Waals surface area (Å²) in [6.45, 7) is 4.76. The molecule has 1 saturated heterocycles. The molecule has 0 aliphatic carbocycles. The summed E-state index contributed by atoms with van der Waals surface area (Å²) in [6.07, 6.45) is 1.32. The van der Waals surface area contributed by atoms with E-state index in [0.29, 0.717) is 11.3 Å². The third kappa shape index (κ3) is 4.27. The number of nitrogens with zero attached hydrogens (tertiary/aromatic N) is 2. The van der Waals surface area contributed by atoms with Crippen LogP contribution in [0.25, 0.3) is 0 Å². The molecule has 0 atom stereocenters. The van der Waals surface area contributed by atoms with E-state index in [4.69, 9.17) is 0 Å². The van der Waals surface area contributed by atoms with Crippen LogP contribution in [0.15, 0.2) is 0 Å². The van der Waals surface area contributed by atoms with Crippen LogP contribution in [0.4, 0.5) is 9.59 Å². The van der Waals surface area contributed by atoms with Crippen molar-refractivity contribution in [3.05, 3.63) is 0 Å². The molecule has 1 aliphatic rings. The van der Waals surface area contributed by atoms with Gasteiger partial charge in [-0.05, 0) is 20.3 Å². The van der Waals surface area contributed by atoms with Crippen LogP contribution in [0.5, 0.6) is 0 Å². The van der Waals surface area contributed by atoms with Gasteiger partial charge in [-0.2, -0.15) is 0 Å². The van der Waals surface area contributed by atoms with Gasteiger partial charge in [0.15, 0.2) is 0 Å². The van der Waals surface area contributed by atoms with Gasteiger partial charge in [-0.3, -0.25) is 24.6 Å². The van der Waals surface area contributed by atoms with Gasteiger partial charge in [-0.25, -0.2) is 14.5 Å². The van der Waals surface area contributed by atoms with Gasteiger partial charge in [0.25, 0.3) is 0 Å². The Morgan fingerprint density at radius 1 is 1.09 bits per heavy atom. The quantitative estimate of drug-likeness (QED) is 0.521. The Labute approximate surface area is 128 Å². The van der Waals surface area contributed by atoms with Crippen LogP contribution in [0.2, 0.25) is 0 Å². The SMILES string of the molecule is CCCCN1C(=O)C(=O)N(CC(=O)NC(=O)NC(C)C)C1=O. The summed E-state index contributed by atoms with van der Waals surface area (Å²) in [4.78, 5) is 59.7. The molecule has 0 unspecified atom stereocenters. The molecule has 1 fully saturated rings. The van der Waals surface area contributed by atoms with Crippen molar-refractivity contribution in [3.8, 4) is 0 Å². The molecule has 0 aromatic heterocycles. The highest BCUT2D eigenvalue weighted by molar-refractivity contribution is 6.45. The minimum atomic E-state index is -1.06. The lowest BCUT2D eigenvalue weighted by Gasteiger charge is -2.15. The fraction of sp³-hybridized carbons (Fsp3) is 0.615. The molecule has 0 aromatic rings. The van der Waals surface area contributed by atoms with Gasteiger partial charge in [-0.1, -0.05) is 13.3 Å². The van der Waals surface area contributed by atoms with Gasteiger partial charge in [0, 0.05) is 12.6 Å². The number of unbranched alkanes of at least 4 members (excludes halogenated alkanes) is 1. The Balaban J connectivity index is 2.63. The van der Waals surface area contributed by atoms with Crippen LogP contribution < -0.4 is 10.6 Å².